The predicted molar refractivity (Wildman–Crippen MR) is 63.7 cm³/mol. The van der Waals surface area contributed by atoms with Crippen molar-refractivity contribution in [3.63, 3.8) is 0 Å². The molecule has 0 saturated heterocycles. The van der Waals surface area contributed by atoms with Gasteiger partial charge in [0.1, 0.15) is 5.75 Å². The lowest BCUT2D eigenvalue weighted by Gasteiger charge is -2.05. The van der Waals surface area contributed by atoms with Crippen LogP contribution in [0.4, 0.5) is 14.5 Å². The molecule has 96 valence electrons. The number of benzene rings is 1. The Morgan fingerprint density at radius 1 is 1.44 bits per heavy atom. The second-order valence-electron chi connectivity index (χ2n) is 3.91. The van der Waals surface area contributed by atoms with Crippen LogP contribution < -0.4 is 5.32 Å². The summed E-state index contributed by atoms with van der Waals surface area (Å²) in [6.07, 6.45) is 1.27. The highest BCUT2D eigenvalue weighted by Gasteiger charge is 2.10. The number of anilines is 1. The third-order valence-electron chi connectivity index (χ3n) is 2.51. The molecule has 6 heteroatoms. The zero-order valence-electron chi connectivity index (χ0n) is 9.77. The molecule has 1 aromatic heterocycles. The first kappa shape index (κ1) is 12.3. The van der Waals surface area contributed by atoms with Crippen molar-refractivity contribution in [2.45, 2.75) is 20.0 Å². The monoisotopic (exact) mass is 253 g/mol. The highest BCUT2D eigenvalue weighted by atomic mass is 19.3. The van der Waals surface area contributed by atoms with Gasteiger partial charge in [0.05, 0.1) is 17.6 Å². The SMILES string of the molecule is Cc1nn(C(F)F)cc1NCc1cccc(O)c1. The van der Waals surface area contributed by atoms with Gasteiger partial charge < -0.3 is 10.4 Å². The molecule has 0 radical (unpaired) electrons. The number of rotatable bonds is 4. The zero-order valence-corrected chi connectivity index (χ0v) is 9.77. The molecule has 2 rings (SSSR count). The largest absolute Gasteiger partial charge is 0.508 e. The second-order valence-corrected chi connectivity index (χ2v) is 3.91. The van der Waals surface area contributed by atoms with Crippen molar-refractivity contribution in [2.75, 3.05) is 5.32 Å². The average Bonchev–Trinajstić information content (AvgIpc) is 2.68. The fraction of sp³-hybridized carbons (Fsp3) is 0.250. The normalized spacial score (nSPS) is 10.9. The number of nitrogens with one attached hydrogen (secondary N) is 1. The molecule has 0 unspecified atom stereocenters. The van der Waals surface area contributed by atoms with E-state index in [1.54, 1.807) is 25.1 Å². The summed E-state index contributed by atoms with van der Waals surface area (Å²) in [5.74, 6) is 0.175. The van der Waals surface area contributed by atoms with Gasteiger partial charge in [0.15, 0.2) is 0 Å². The van der Waals surface area contributed by atoms with Gasteiger partial charge in [-0.25, -0.2) is 4.68 Å². The van der Waals surface area contributed by atoms with Gasteiger partial charge in [0.25, 0.3) is 0 Å². The van der Waals surface area contributed by atoms with Crippen LogP contribution in [0, 0.1) is 6.92 Å². The van der Waals surface area contributed by atoms with Crippen LogP contribution in [0.2, 0.25) is 0 Å². The maximum Gasteiger partial charge on any atom is 0.333 e. The van der Waals surface area contributed by atoms with E-state index in [9.17, 15) is 13.9 Å². The zero-order chi connectivity index (χ0) is 13.1. The van der Waals surface area contributed by atoms with Crippen molar-refractivity contribution in [3.05, 3.63) is 41.7 Å². The van der Waals surface area contributed by atoms with E-state index in [0.717, 1.165) is 5.56 Å². The van der Waals surface area contributed by atoms with E-state index in [1.807, 2.05) is 6.07 Å². The van der Waals surface area contributed by atoms with Crippen LogP contribution in [-0.2, 0) is 6.54 Å². The highest BCUT2D eigenvalue weighted by molar-refractivity contribution is 5.46. The van der Waals surface area contributed by atoms with Gasteiger partial charge in [-0.1, -0.05) is 12.1 Å². The minimum absolute atomic E-state index is 0.175. The lowest BCUT2D eigenvalue weighted by Crippen LogP contribution is -1.99. The average molecular weight is 253 g/mol. The molecule has 2 N–H and O–H groups in total. The Hall–Kier alpha value is -2.11. The Kier molecular flexibility index (Phi) is 3.45. The first-order valence-corrected chi connectivity index (χ1v) is 5.42. The molecule has 2 aromatic rings. The van der Waals surface area contributed by atoms with E-state index < -0.39 is 6.55 Å². The van der Waals surface area contributed by atoms with Gasteiger partial charge in [-0.05, 0) is 24.6 Å². The smallest absolute Gasteiger partial charge is 0.333 e. The topological polar surface area (TPSA) is 50.1 Å². The van der Waals surface area contributed by atoms with Crippen LogP contribution in [0.15, 0.2) is 30.5 Å². The summed E-state index contributed by atoms with van der Waals surface area (Å²) < 4.78 is 25.4. The number of halogens is 2. The molecule has 0 atom stereocenters. The maximum atomic E-state index is 12.4. The molecule has 0 saturated carbocycles. The lowest BCUT2D eigenvalue weighted by atomic mass is 10.2. The minimum Gasteiger partial charge on any atom is -0.508 e. The molecule has 1 aromatic carbocycles. The fourth-order valence-electron chi connectivity index (χ4n) is 1.62. The number of hydrogen-bond donors (Lipinski definition) is 2. The third kappa shape index (κ3) is 2.77. The first-order valence-electron chi connectivity index (χ1n) is 5.42. The van der Waals surface area contributed by atoms with Gasteiger partial charge in [0, 0.05) is 6.54 Å². The summed E-state index contributed by atoms with van der Waals surface area (Å²) in [4.78, 5) is 0. The Balaban J connectivity index is 2.06. The number of phenols is 1. The standard InChI is InChI=1S/C12H13F2N3O/c1-8-11(7-17(16-8)12(13)14)15-6-9-3-2-4-10(18)5-9/h2-5,7,12,15,18H,6H2,1H3. The second kappa shape index (κ2) is 5.03. The summed E-state index contributed by atoms with van der Waals surface area (Å²) in [6.45, 7) is -0.548. The van der Waals surface area contributed by atoms with Gasteiger partial charge in [-0.15, -0.1) is 0 Å². The number of aryl methyl sites for hydroxylation is 1. The Morgan fingerprint density at radius 2 is 2.22 bits per heavy atom. The Bertz CT molecular complexity index is 540. The van der Waals surface area contributed by atoms with Crippen molar-refractivity contribution in [2.24, 2.45) is 0 Å². The summed E-state index contributed by atoms with van der Waals surface area (Å²) in [7, 11) is 0. The van der Waals surface area contributed by atoms with Crippen molar-refractivity contribution in [1.29, 1.82) is 0 Å². The fourth-order valence-corrected chi connectivity index (χ4v) is 1.62. The molecule has 0 bridgehead atoms. The van der Waals surface area contributed by atoms with Crippen LogP contribution in [0.1, 0.15) is 17.8 Å². The lowest BCUT2D eigenvalue weighted by molar-refractivity contribution is 0.0563. The van der Waals surface area contributed by atoms with E-state index in [2.05, 4.69) is 10.4 Å². The number of phenolic OH excluding ortho intramolecular Hbond substituents is 1. The summed E-state index contributed by atoms with van der Waals surface area (Å²) >= 11 is 0. The maximum absolute atomic E-state index is 12.4. The third-order valence-corrected chi connectivity index (χ3v) is 2.51. The van der Waals surface area contributed by atoms with Gasteiger partial charge >= 0.3 is 6.55 Å². The minimum atomic E-state index is -2.64. The van der Waals surface area contributed by atoms with Gasteiger partial charge in [0.2, 0.25) is 0 Å². The highest BCUT2D eigenvalue weighted by Crippen LogP contribution is 2.19. The van der Waals surface area contributed by atoms with E-state index >= 15 is 0 Å². The number of nitrogens with zero attached hydrogens (tertiary/aromatic N) is 2. The molecule has 0 aliphatic carbocycles. The summed E-state index contributed by atoms with van der Waals surface area (Å²) in [5, 5.41) is 16.0. The van der Waals surface area contributed by atoms with Crippen molar-refractivity contribution >= 4 is 5.69 Å². The summed E-state index contributed by atoms with van der Waals surface area (Å²) in [5.41, 5.74) is 1.92. The van der Waals surface area contributed by atoms with Crippen molar-refractivity contribution in [3.8, 4) is 5.75 Å². The van der Waals surface area contributed by atoms with Gasteiger partial charge in [-0.2, -0.15) is 13.9 Å². The van der Waals surface area contributed by atoms with Crippen LogP contribution in [0.5, 0.6) is 5.75 Å². The molecule has 0 spiro atoms. The molecule has 18 heavy (non-hydrogen) atoms. The molecule has 4 nitrogen and oxygen atoms in total. The van der Waals surface area contributed by atoms with Crippen LogP contribution >= 0.6 is 0 Å². The van der Waals surface area contributed by atoms with Crippen LogP contribution in [0.25, 0.3) is 0 Å². The Labute approximate surface area is 103 Å². The van der Waals surface area contributed by atoms with Crippen LogP contribution in [0.3, 0.4) is 0 Å². The number of alkyl halides is 2. The van der Waals surface area contributed by atoms with E-state index in [-0.39, 0.29) is 5.75 Å². The van der Waals surface area contributed by atoms with E-state index in [0.29, 0.717) is 22.6 Å². The van der Waals surface area contributed by atoms with E-state index in [1.165, 1.54) is 6.20 Å². The number of aromatic nitrogens is 2. The molecule has 0 aliphatic rings. The molecule has 0 fully saturated rings. The van der Waals surface area contributed by atoms with Crippen LogP contribution in [-0.4, -0.2) is 14.9 Å². The molecular weight excluding hydrogens is 240 g/mol. The van der Waals surface area contributed by atoms with E-state index in [4.69, 9.17) is 0 Å². The molecule has 0 amide bonds. The Morgan fingerprint density at radius 3 is 2.83 bits per heavy atom. The van der Waals surface area contributed by atoms with Crippen molar-refractivity contribution < 1.29 is 13.9 Å². The molecule has 0 aliphatic heterocycles. The quantitative estimate of drug-likeness (QED) is 0.880. The molecule has 1 heterocycles. The predicted octanol–water partition coefficient (Wildman–Crippen LogP) is 2.90. The molecular formula is C12H13F2N3O. The van der Waals surface area contributed by atoms with Crippen molar-refractivity contribution in [1.82, 2.24) is 9.78 Å². The van der Waals surface area contributed by atoms with Gasteiger partial charge in [-0.3, -0.25) is 0 Å². The first-order chi connectivity index (χ1) is 8.56. The summed E-state index contributed by atoms with van der Waals surface area (Å²) in [6, 6.07) is 6.74. The number of hydrogen-bond acceptors (Lipinski definition) is 3. The number of aromatic hydroxyl groups is 1.